The molecule has 0 radical (unpaired) electrons. The SMILES string of the molecule is COCCN(CC(=O)Nc1cc(C(C)(C)C)nn1-c1ccccc1Cl)C(=O)c1cccc(F)c1. The van der Waals surface area contributed by atoms with Gasteiger partial charge < -0.3 is 15.0 Å². The third-order valence-corrected chi connectivity index (χ3v) is 5.40. The molecule has 0 atom stereocenters. The van der Waals surface area contributed by atoms with Crippen LogP contribution in [-0.4, -0.2) is 53.3 Å². The number of halogens is 2. The molecular formula is C25H28ClFN4O3. The number of aromatic nitrogens is 2. The van der Waals surface area contributed by atoms with E-state index in [-0.39, 0.29) is 30.7 Å². The van der Waals surface area contributed by atoms with Crippen molar-refractivity contribution >= 4 is 29.2 Å². The molecule has 7 nitrogen and oxygen atoms in total. The molecule has 0 unspecified atom stereocenters. The molecule has 34 heavy (non-hydrogen) atoms. The Morgan fingerprint density at radius 2 is 1.88 bits per heavy atom. The Hall–Kier alpha value is -3.23. The molecular weight excluding hydrogens is 459 g/mol. The maximum atomic E-state index is 13.6. The number of carbonyl (C=O) groups excluding carboxylic acids is 2. The number of benzene rings is 2. The van der Waals surface area contributed by atoms with Gasteiger partial charge in [-0.3, -0.25) is 9.59 Å². The molecule has 0 saturated carbocycles. The zero-order valence-electron chi connectivity index (χ0n) is 19.6. The molecule has 1 aromatic heterocycles. The van der Waals surface area contributed by atoms with Crippen LogP contribution in [0.5, 0.6) is 0 Å². The predicted molar refractivity (Wildman–Crippen MR) is 130 cm³/mol. The van der Waals surface area contributed by atoms with Gasteiger partial charge >= 0.3 is 0 Å². The summed E-state index contributed by atoms with van der Waals surface area (Å²) in [6, 6.07) is 14.3. The summed E-state index contributed by atoms with van der Waals surface area (Å²) in [4.78, 5) is 27.3. The van der Waals surface area contributed by atoms with Crippen molar-refractivity contribution in [2.75, 3.05) is 32.1 Å². The van der Waals surface area contributed by atoms with Crippen LogP contribution in [0.15, 0.2) is 54.6 Å². The lowest BCUT2D eigenvalue weighted by atomic mass is 9.92. The molecule has 2 amide bonds. The van der Waals surface area contributed by atoms with Crippen molar-refractivity contribution in [2.24, 2.45) is 0 Å². The molecule has 1 N–H and O–H groups in total. The van der Waals surface area contributed by atoms with Crippen LogP contribution in [0, 0.1) is 5.82 Å². The molecule has 0 aliphatic heterocycles. The molecule has 180 valence electrons. The molecule has 1 heterocycles. The Morgan fingerprint density at radius 1 is 1.15 bits per heavy atom. The zero-order chi connectivity index (χ0) is 24.9. The number of hydrogen-bond donors (Lipinski definition) is 1. The Kier molecular flexibility index (Phi) is 8.06. The minimum atomic E-state index is -0.527. The zero-order valence-corrected chi connectivity index (χ0v) is 20.4. The summed E-state index contributed by atoms with van der Waals surface area (Å²) < 4.78 is 20.3. The van der Waals surface area contributed by atoms with Crippen molar-refractivity contribution in [3.63, 3.8) is 0 Å². The standard InChI is InChI=1S/C25H28ClFN4O3/c1-25(2,3)21-15-22(31(29-21)20-11-6-5-10-19(20)26)28-23(32)16-30(12-13-34-4)24(33)17-8-7-9-18(27)14-17/h5-11,14-15H,12-13,16H2,1-4H3,(H,28,32). The number of hydrogen-bond acceptors (Lipinski definition) is 4. The lowest BCUT2D eigenvalue weighted by Crippen LogP contribution is -2.40. The van der Waals surface area contributed by atoms with E-state index in [0.29, 0.717) is 16.5 Å². The van der Waals surface area contributed by atoms with Crippen molar-refractivity contribution in [3.05, 3.63) is 76.7 Å². The molecule has 0 saturated heterocycles. The number of anilines is 1. The monoisotopic (exact) mass is 486 g/mol. The fourth-order valence-electron chi connectivity index (χ4n) is 3.26. The van der Waals surface area contributed by atoms with E-state index in [2.05, 4.69) is 10.4 Å². The number of para-hydroxylation sites is 1. The minimum absolute atomic E-state index is 0.153. The molecule has 0 fully saturated rings. The van der Waals surface area contributed by atoms with Crippen molar-refractivity contribution < 1.29 is 18.7 Å². The quantitative estimate of drug-likeness (QED) is 0.501. The Bertz CT molecular complexity index is 1170. The second kappa shape index (κ2) is 10.8. The van der Waals surface area contributed by atoms with Crippen molar-refractivity contribution in [3.8, 4) is 5.69 Å². The van der Waals surface area contributed by atoms with Gasteiger partial charge in [-0.05, 0) is 30.3 Å². The van der Waals surface area contributed by atoms with Gasteiger partial charge in [0.15, 0.2) is 0 Å². The number of nitrogens with zero attached hydrogens (tertiary/aromatic N) is 3. The fourth-order valence-corrected chi connectivity index (χ4v) is 3.47. The van der Waals surface area contributed by atoms with Gasteiger partial charge in [-0.25, -0.2) is 9.07 Å². The number of rotatable bonds is 8. The minimum Gasteiger partial charge on any atom is -0.383 e. The average Bonchev–Trinajstić information content (AvgIpc) is 3.20. The molecule has 0 aliphatic rings. The fraction of sp³-hybridized carbons (Fsp3) is 0.320. The van der Waals surface area contributed by atoms with Crippen LogP contribution in [0.2, 0.25) is 5.02 Å². The maximum Gasteiger partial charge on any atom is 0.254 e. The second-order valence-electron chi connectivity index (χ2n) is 8.81. The topological polar surface area (TPSA) is 76.5 Å². The highest BCUT2D eigenvalue weighted by Gasteiger charge is 2.24. The number of ether oxygens (including phenoxy) is 1. The molecule has 2 aromatic carbocycles. The lowest BCUT2D eigenvalue weighted by Gasteiger charge is -2.22. The van der Waals surface area contributed by atoms with Crippen molar-refractivity contribution in [1.82, 2.24) is 14.7 Å². The number of carbonyl (C=O) groups is 2. The van der Waals surface area contributed by atoms with E-state index in [0.717, 1.165) is 11.8 Å². The van der Waals surface area contributed by atoms with E-state index < -0.39 is 17.6 Å². The summed E-state index contributed by atoms with van der Waals surface area (Å²) in [6.45, 7) is 6.18. The average molecular weight is 487 g/mol. The van der Waals surface area contributed by atoms with Gasteiger partial charge in [0.1, 0.15) is 18.2 Å². The normalized spacial score (nSPS) is 11.4. The van der Waals surface area contributed by atoms with Gasteiger partial charge in [-0.15, -0.1) is 0 Å². The highest BCUT2D eigenvalue weighted by atomic mass is 35.5. The highest BCUT2D eigenvalue weighted by molar-refractivity contribution is 6.32. The third kappa shape index (κ3) is 6.21. The van der Waals surface area contributed by atoms with Gasteiger partial charge in [0.05, 0.1) is 23.0 Å². The molecule has 3 rings (SSSR count). The summed E-state index contributed by atoms with van der Waals surface area (Å²) in [6.07, 6.45) is 0. The smallest absolute Gasteiger partial charge is 0.254 e. The summed E-state index contributed by atoms with van der Waals surface area (Å²) in [5.41, 5.74) is 1.25. The largest absolute Gasteiger partial charge is 0.383 e. The van der Waals surface area contributed by atoms with Crippen LogP contribution in [-0.2, 0) is 14.9 Å². The number of amides is 2. The van der Waals surface area contributed by atoms with Gasteiger partial charge in [0.2, 0.25) is 5.91 Å². The Morgan fingerprint density at radius 3 is 2.53 bits per heavy atom. The third-order valence-electron chi connectivity index (χ3n) is 5.08. The van der Waals surface area contributed by atoms with Crippen LogP contribution in [0.3, 0.4) is 0 Å². The van der Waals surface area contributed by atoms with E-state index in [1.807, 2.05) is 32.9 Å². The molecule has 0 bridgehead atoms. The first kappa shape index (κ1) is 25.4. The van der Waals surface area contributed by atoms with Gasteiger partial charge in [-0.1, -0.05) is 50.6 Å². The number of methoxy groups -OCH3 is 1. The van der Waals surface area contributed by atoms with Gasteiger partial charge in [0, 0.05) is 30.7 Å². The summed E-state index contributed by atoms with van der Waals surface area (Å²) in [7, 11) is 1.50. The first-order chi connectivity index (χ1) is 16.1. The van der Waals surface area contributed by atoms with Gasteiger partial charge in [-0.2, -0.15) is 5.10 Å². The van der Waals surface area contributed by atoms with Crippen LogP contribution >= 0.6 is 11.6 Å². The van der Waals surface area contributed by atoms with E-state index >= 15 is 0 Å². The lowest BCUT2D eigenvalue weighted by molar-refractivity contribution is -0.117. The first-order valence-corrected chi connectivity index (χ1v) is 11.2. The molecule has 0 aliphatic carbocycles. The van der Waals surface area contributed by atoms with E-state index in [1.54, 1.807) is 22.9 Å². The van der Waals surface area contributed by atoms with Crippen molar-refractivity contribution in [1.29, 1.82) is 0 Å². The van der Waals surface area contributed by atoms with E-state index in [1.165, 1.54) is 30.2 Å². The van der Waals surface area contributed by atoms with E-state index in [9.17, 15) is 14.0 Å². The number of nitrogens with one attached hydrogen (secondary N) is 1. The molecule has 9 heteroatoms. The Labute approximate surface area is 203 Å². The summed E-state index contributed by atoms with van der Waals surface area (Å²) in [5, 5.41) is 7.99. The van der Waals surface area contributed by atoms with Gasteiger partial charge in [0.25, 0.3) is 5.91 Å². The first-order valence-electron chi connectivity index (χ1n) is 10.8. The maximum absolute atomic E-state index is 13.6. The van der Waals surface area contributed by atoms with Crippen LogP contribution < -0.4 is 5.32 Å². The van der Waals surface area contributed by atoms with E-state index in [4.69, 9.17) is 16.3 Å². The second-order valence-corrected chi connectivity index (χ2v) is 9.21. The van der Waals surface area contributed by atoms with Crippen molar-refractivity contribution in [2.45, 2.75) is 26.2 Å². The molecule has 0 spiro atoms. The van der Waals surface area contributed by atoms with Crippen LogP contribution in [0.4, 0.5) is 10.2 Å². The highest BCUT2D eigenvalue weighted by Crippen LogP contribution is 2.29. The summed E-state index contributed by atoms with van der Waals surface area (Å²) in [5.74, 6) is -1.01. The summed E-state index contributed by atoms with van der Waals surface area (Å²) >= 11 is 6.38. The van der Waals surface area contributed by atoms with Crippen LogP contribution in [0.25, 0.3) is 5.69 Å². The Balaban J connectivity index is 1.87. The van der Waals surface area contributed by atoms with Crippen LogP contribution in [0.1, 0.15) is 36.8 Å². The molecule has 3 aromatic rings. The predicted octanol–water partition coefficient (Wildman–Crippen LogP) is 4.69.